The van der Waals surface area contributed by atoms with E-state index in [1.165, 1.54) is 17.6 Å². The minimum Gasteiger partial charge on any atom is -0.465 e. The molecule has 20 heavy (non-hydrogen) atoms. The van der Waals surface area contributed by atoms with Gasteiger partial charge in [0.15, 0.2) is 0 Å². The number of hydrogen-bond donors (Lipinski definition) is 0. The second kappa shape index (κ2) is 6.16. The van der Waals surface area contributed by atoms with Crippen LogP contribution in [0.25, 0.3) is 12.2 Å². The standard InChI is InChI=1S/C16H12O2S.ClH/c1-18-16(17)14-7-6-13-10-15-11(3-2-8-19-15)4-5-12(13)9-14;/h2-10H,1H3;1H. The number of fused-ring (bicyclic) bond motifs is 2. The molecule has 0 bridgehead atoms. The zero-order valence-electron chi connectivity index (χ0n) is 10.8. The first-order valence-electron chi connectivity index (χ1n) is 5.94. The van der Waals surface area contributed by atoms with E-state index in [1.54, 1.807) is 17.8 Å². The summed E-state index contributed by atoms with van der Waals surface area (Å²) in [6.45, 7) is 0. The monoisotopic (exact) mass is 304 g/mol. The van der Waals surface area contributed by atoms with Gasteiger partial charge in [-0.15, -0.1) is 12.4 Å². The molecular weight excluding hydrogens is 292 g/mol. The Balaban J connectivity index is 0.00000147. The van der Waals surface area contributed by atoms with Gasteiger partial charge in [-0.3, -0.25) is 0 Å². The number of hydrogen-bond acceptors (Lipinski definition) is 3. The van der Waals surface area contributed by atoms with Crippen molar-refractivity contribution in [2.24, 2.45) is 0 Å². The van der Waals surface area contributed by atoms with Crippen LogP contribution in [0.5, 0.6) is 0 Å². The largest absolute Gasteiger partial charge is 0.465 e. The van der Waals surface area contributed by atoms with E-state index in [9.17, 15) is 4.79 Å². The van der Waals surface area contributed by atoms with Gasteiger partial charge in [-0.1, -0.05) is 42.1 Å². The summed E-state index contributed by atoms with van der Waals surface area (Å²) in [5.74, 6) is -0.305. The smallest absolute Gasteiger partial charge is 0.337 e. The summed E-state index contributed by atoms with van der Waals surface area (Å²) in [5, 5.41) is 2.07. The first kappa shape index (κ1) is 14.7. The fourth-order valence-corrected chi connectivity index (χ4v) is 2.85. The molecule has 0 unspecified atom stereocenters. The van der Waals surface area contributed by atoms with Crippen LogP contribution in [-0.4, -0.2) is 13.1 Å². The van der Waals surface area contributed by atoms with Gasteiger partial charge < -0.3 is 4.74 Å². The molecule has 3 rings (SSSR count). The van der Waals surface area contributed by atoms with E-state index in [2.05, 4.69) is 23.6 Å². The van der Waals surface area contributed by atoms with Gasteiger partial charge in [-0.05, 0) is 40.3 Å². The lowest BCUT2D eigenvalue weighted by Gasteiger charge is -2.07. The Morgan fingerprint density at radius 1 is 1.20 bits per heavy atom. The molecule has 102 valence electrons. The van der Waals surface area contributed by atoms with Crippen LogP contribution in [0.15, 0.2) is 52.3 Å². The van der Waals surface area contributed by atoms with Crippen LogP contribution in [-0.2, 0) is 4.74 Å². The molecule has 2 nitrogen and oxygen atoms in total. The molecular formula is C16H13ClO2S. The Bertz CT molecular complexity index is 669. The normalized spacial score (nSPS) is 15.1. The summed E-state index contributed by atoms with van der Waals surface area (Å²) in [5.41, 5.74) is 3.92. The number of ether oxygens (including phenoxy) is 1. The number of carbonyl (C=O) groups excluding carboxylic acids is 1. The number of methoxy groups -OCH3 is 1. The summed E-state index contributed by atoms with van der Waals surface area (Å²) in [4.78, 5) is 12.8. The molecule has 0 N–H and O–H groups in total. The molecule has 0 fully saturated rings. The van der Waals surface area contributed by atoms with Crippen LogP contribution in [0.1, 0.15) is 21.5 Å². The Morgan fingerprint density at radius 2 is 2.05 bits per heavy atom. The molecule has 0 amide bonds. The van der Waals surface area contributed by atoms with Crippen molar-refractivity contribution in [3.05, 3.63) is 69.0 Å². The molecule has 4 heteroatoms. The summed E-state index contributed by atoms with van der Waals surface area (Å²) < 4.78 is 4.75. The first-order chi connectivity index (χ1) is 9.28. The van der Waals surface area contributed by atoms with Gasteiger partial charge in [-0.25, -0.2) is 4.79 Å². The van der Waals surface area contributed by atoms with Crippen LogP contribution >= 0.6 is 24.2 Å². The van der Waals surface area contributed by atoms with E-state index in [0.717, 1.165) is 11.1 Å². The maximum Gasteiger partial charge on any atom is 0.337 e. The summed E-state index contributed by atoms with van der Waals surface area (Å²) >= 11 is 1.71. The maximum atomic E-state index is 11.5. The number of benzene rings is 1. The van der Waals surface area contributed by atoms with Gasteiger partial charge in [0.2, 0.25) is 0 Å². The van der Waals surface area contributed by atoms with E-state index >= 15 is 0 Å². The number of esters is 1. The average molecular weight is 305 g/mol. The highest BCUT2D eigenvalue weighted by Crippen LogP contribution is 2.35. The third-order valence-electron chi connectivity index (χ3n) is 3.07. The molecule has 1 aliphatic heterocycles. The quantitative estimate of drug-likeness (QED) is 0.717. The fraction of sp³-hybridized carbons (Fsp3) is 0.0625. The van der Waals surface area contributed by atoms with Crippen molar-refractivity contribution >= 4 is 42.3 Å². The lowest BCUT2D eigenvalue weighted by atomic mass is 10.0. The van der Waals surface area contributed by atoms with Crippen molar-refractivity contribution in [1.29, 1.82) is 0 Å². The molecule has 1 aromatic rings. The Labute approximate surface area is 128 Å². The van der Waals surface area contributed by atoms with Gasteiger partial charge in [-0.2, -0.15) is 0 Å². The highest BCUT2D eigenvalue weighted by atomic mass is 35.5. The molecule has 0 saturated heterocycles. The third-order valence-corrected chi connectivity index (χ3v) is 3.97. The molecule has 0 spiro atoms. The van der Waals surface area contributed by atoms with Crippen molar-refractivity contribution in [2.45, 2.75) is 0 Å². The lowest BCUT2D eigenvalue weighted by molar-refractivity contribution is 0.0600. The lowest BCUT2D eigenvalue weighted by Crippen LogP contribution is -2.01. The minimum atomic E-state index is -0.305. The van der Waals surface area contributed by atoms with Gasteiger partial charge in [0.05, 0.1) is 12.7 Å². The molecule has 1 heterocycles. The van der Waals surface area contributed by atoms with Crippen LogP contribution in [0.4, 0.5) is 0 Å². The minimum absolute atomic E-state index is 0. The van der Waals surface area contributed by atoms with E-state index in [0.29, 0.717) is 5.56 Å². The van der Waals surface area contributed by atoms with Crippen LogP contribution in [0.2, 0.25) is 0 Å². The van der Waals surface area contributed by atoms with E-state index in [-0.39, 0.29) is 18.4 Å². The maximum absolute atomic E-state index is 11.5. The predicted octanol–water partition coefficient (Wildman–Crippen LogP) is 4.45. The SMILES string of the molecule is COC(=O)c1ccc2c(c1)C=CC1=CC=CSC1=C2.Cl. The van der Waals surface area contributed by atoms with Crippen molar-refractivity contribution in [2.75, 3.05) is 7.11 Å². The molecule has 1 aliphatic carbocycles. The fourth-order valence-electron chi connectivity index (χ4n) is 2.08. The molecule has 0 radical (unpaired) electrons. The van der Waals surface area contributed by atoms with Crippen LogP contribution < -0.4 is 0 Å². The zero-order valence-corrected chi connectivity index (χ0v) is 12.5. The van der Waals surface area contributed by atoms with E-state index in [1.807, 2.05) is 24.3 Å². The molecule has 0 saturated carbocycles. The summed E-state index contributed by atoms with van der Waals surface area (Å²) in [7, 11) is 1.40. The number of carbonyl (C=O) groups is 1. The topological polar surface area (TPSA) is 26.3 Å². The van der Waals surface area contributed by atoms with Gasteiger partial charge >= 0.3 is 5.97 Å². The third kappa shape index (κ3) is 2.74. The Morgan fingerprint density at radius 3 is 2.85 bits per heavy atom. The Hall–Kier alpha value is -1.71. The summed E-state index contributed by atoms with van der Waals surface area (Å²) in [6, 6.07) is 5.62. The number of halogens is 1. The van der Waals surface area contributed by atoms with Gasteiger partial charge in [0.25, 0.3) is 0 Å². The average Bonchev–Trinajstić information content (AvgIpc) is 2.64. The predicted molar refractivity (Wildman–Crippen MR) is 86.9 cm³/mol. The van der Waals surface area contributed by atoms with Gasteiger partial charge in [0.1, 0.15) is 0 Å². The second-order valence-corrected chi connectivity index (χ2v) is 5.19. The number of thioether (sulfide) groups is 1. The van der Waals surface area contributed by atoms with E-state index < -0.39 is 0 Å². The molecule has 0 atom stereocenters. The zero-order chi connectivity index (χ0) is 13.2. The van der Waals surface area contributed by atoms with E-state index in [4.69, 9.17) is 4.74 Å². The van der Waals surface area contributed by atoms with Gasteiger partial charge in [0, 0.05) is 4.91 Å². The molecule has 2 aliphatic rings. The summed E-state index contributed by atoms with van der Waals surface area (Å²) in [6.07, 6.45) is 10.4. The first-order valence-corrected chi connectivity index (χ1v) is 6.82. The number of allylic oxidation sites excluding steroid dienone is 4. The van der Waals surface area contributed by atoms with Crippen molar-refractivity contribution in [1.82, 2.24) is 0 Å². The number of rotatable bonds is 1. The highest BCUT2D eigenvalue weighted by molar-refractivity contribution is 8.06. The van der Waals surface area contributed by atoms with Crippen LogP contribution in [0, 0.1) is 0 Å². The molecule has 0 aromatic heterocycles. The molecule has 1 aromatic carbocycles. The van der Waals surface area contributed by atoms with Crippen molar-refractivity contribution in [3.63, 3.8) is 0 Å². The van der Waals surface area contributed by atoms with Crippen molar-refractivity contribution in [3.8, 4) is 0 Å². The second-order valence-electron chi connectivity index (χ2n) is 4.25. The Kier molecular flexibility index (Phi) is 4.53. The highest BCUT2D eigenvalue weighted by Gasteiger charge is 2.12. The van der Waals surface area contributed by atoms with Crippen molar-refractivity contribution < 1.29 is 9.53 Å². The van der Waals surface area contributed by atoms with Crippen LogP contribution in [0.3, 0.4) is 0 Å².